The Kier molecular flexibility index (Phi) is 8.50. The predicted molar refractivity (Wildman–Crippen MR) is 117 cm³/mol. The van der Waals surface area contributed by atoms with Crippen molar-refractivity contribution in [1.82, 2.24) is 10.9 Å². The van der Waals surface area contributed by atoms with Gasteiger partial charge in [0.25, 0.3) is 5.91 Å². The van der Waals surface area contributed by atoms with Crippen LogP contribution in [0.4, 0.5) is 5.69 Å². The maximum absolute atomic E-state index is 12.0. The van der Waals surface area contributed by atoms with Gasteiger partial charge in [-0.1, -0.05) is 29.3 Å². The molecule has 3 amide bonds. The smallest absolute Gasteiger partial charge is 0.276 e. The monoisotopic (exact) mass is 451 g/mol. The molecule has 0 unspecified atom stereocenters. The molecule has 2 aromatic carbocycles. The molecule has 7 nitrogen and oxygen atoms in total. The molecule has 2 rings (SSSR count). The van der Waals surface area contributed by atoms with E-state index in [1.165, 1.54) is 0 Å². The number of nitrogens with one attached hydrogen (secondary N) is 3. The van der Waals surface area contributed by atoms with Crippen LogP contribution in [0.2, 0.25) is 10.0 Å². The fraction of sp³-hybridized carbons (Fsp3) is 0.286. The first-order valence-corrected chi connectivity index (χ1v) is 9.95. The number of halogens is 2. The van der Waals surface area contributed by atoms with Crippen LogP contribution in [0.1, 0.15) is 29.5 Å². The van der Waals surface area contributed by atoms with E-state index in [-0.39, 0.29) is 25.4 Å². The molecule has 0 spiro atoms. The third-order valence-corrected chi connectivity index (χ3v) is 5.25. The van der Waals surface area contributed by atoms with Crippen LogP contribution >= 0.6 is 23.2 Å². The highest BCUT2D eigenvalue weighted by Crippen LogP contribution is 2.26. The summed E-state index contributed by atoms with van der Waals surface area (Å²) in [7, 11) is 0. The maximum atomic E-state index is 12.0. The number of hydrogen-bond donors (Lipinski definition) is 3. The summed E-state index contributed by atoms with van der Waals surface area (Å²) in [5, 5.41) is 3.89. The van der Waals surface area contributed by atoms with E-state index in [9.17, 15) is 14.4 Å². The van der Waals surface area contributed by atoms with Gasteiger partial charge in [0.05, 0.1) is 0 Å². The summed E-state index contributed by atoms with van der Waals surface area (Å²) in [5.41, 5.74) is 7.51. The predicted octanol–water partition coefficient (Wildman–Crippen LogP) is 3.86. The van der Waals surface area contributed by atoms with Gasteiger partial charge in [0, 0.05) is 28.6 Å². The van der Waals surface area contributed by atoms with Gasteiger partial charge in [-0.2, -0.15) is 0 Å². The average Bonchev–Trinajstić information content (AvgIpc) is 2.70. The van der Waals surface area contributed by atoms with Gasteiger partial charge in [-0.15, -0.1) is 0 Å². The molecule has 3 N–H and O–H groups in total. The number of hydrazine groups is 1. The first-order valence-electron chi connectivity index (χ1n) is 9.19. The normalized spacial score (nSPS) is 10.3. The Hall–Kier alpha value is -2.77. The van der Waals surface area contributed by atoms with E-state index in [0.29, 0.717) is 21.5 Å². The van der Waals surface area contributed by atoms with Crippen molar-refractivity contribution in [2.45, 2.75) is 33.6 Å². The second-order valence-corrected chi connectivity index (χ2v) is 7.50. The van der Waals surface area contributed by atoms with E-state index in [1.807, 2.05) is 13.8 Å². The molecule has 0 radical (unpaired) electrons. The van der Waals surface area contributed by atoms with Gasteiger partial charge in [0.1, 0.15) is 5.75 Å². The third kappa shape index (κ3) is 6.93. The lowest BCUT2D eigenvalue weighted by molar-refractivity contribution is -0.130. The Morgan fingerprint density at radius 2 is 1.50 bits per heavy atom. The van der Waals surface area contributed by atoms with Gasteiger partial charge < -0.3 is 10.1 Å². The topological polar surface area (TPSA) is 96.5 Å². The minimum absolute atomic E-state index is 0.0481. The molecule has 0 atom stereocenters. The van der Waals surface area contributed by atoms with Crippen LogP contribution in [0.3, 0.4) is 0 Å². The molecule has 0 aliphatic heterocycles. The van der Waals surface area contributed by atoms with Crippen molar-refractivity contribution in [1.29, 1.82) is 0 Å². The molecule has 0 aromatic heterocycles. The van der Waals surface area contributed by atoms with Gasteiger partial charge >= 0.3 is 0 Å². The van der Waals surface area contributed by atoms with E-state index in [4.69, 9.17) is 27.9 Å². The van der Waals surface area contributed by atoms with Crippen LogP contribution in [0.5, 0.6) is 5.75 Å². The highest BCUT2D eigenvalue weighted by Gasteiger charge is 2.11. The standard InChI is InChI=1S/C21H23Cl2N3O4/c1-12-9-15(10-13(2)21(12)23)30-11-20(29)26-25-19(28)8-7-18(27)24-17-6-4-5-16(22)14(17)3/h4-6,9-10H,7-8,11H2,1-3H3,(H,24,27)(H,25,28)(H,26,29). The van der Waals surface area contributed by atoms with E-state index in [0.717, 1.165) is 16.7 Å². The zero-order chi connectivity index (χ0) is 22.3. The lowest BCUT2D eigenvalue weighted by Gasteiger charge is -2.11. The van der Waals surface area contributed by atoms with Crippen molar-refractivity contribution < 1.29 is 19.1 Å². The zero-order valence-electron chi connectivity index (χ0n) is 16.9. The number of rotatable bonds is 7. The molecule has 0 aliphatic rings. The van der Waals surface area contributed by atoms with Crippen LogP contribution in [0.15, 0.2) is 30.3 Å². The van der Waals surface area contributed by atoms with Crippen LogP contribution < -0.4 is 20.9 Å². The number of carbonyl (C=O) groups is 3. The fourth-order valence-electron chi connectivity index (χ4n) is 2.56. The Morgan fingerprint density at radius 3 is 2.17 bits per heavy atom. The molecule has 2 aromatic rings. The number of ether oxygens (including phenoxy) is 1. The van der Waals surface area contributed by atoms with Gasteiger partial charge in [0.2, 0.25) is 11.8 Å². The van der Waals surface area contributed by atoms with Crippen molar-refractivity contribution in [2.24, 2.45) is 0 Å². The number of aryl methyl sites for hydroxylation is 2. The van der Waals surface area contributed by atoms with Gasteiger partial charge in [0.15, 0.2) is 6.61 Å². The molecule has 160 valence electrons. The summed E-state index contributed by atoms with van der Waals surface area (Å²) in [6, 6.07) is 8.62. The first-order chi connectivity index (χ1) is 14.2. The van der Waals surface area contributed by atoms with Crippen LogP contribution in [-0.4, -0.2) is 24.3 Å². The summed E-state index contributed by atoms with van der Waals surface area (Å²) >= 11 is 12.1. The molecule has 0 saturated carbocycles. The Balaban J connectivity index is 1.70. The number of hydrogen-bond acceptors (Lipinski definition) is 4. The van der Waals surface area contributed by atoms with Gasteiger partial charge in [-0.3, -0.25) is 25.2 Å². The van der Waals surface area contributed by atoms with Crippen molar-refractivity contribution in [3.05, 3.63) is 57.1 Å². The van der Waals surface area contributed by atoms with Gasteiger partial charge in [-0.05, 0) is 61.7 Å². The molecule has 0 heterocycles. The molecule has 0 saturated heterocycles. The van der Waals surface area contributed by atoms with E-state index >= 15 is 0 Å². The lowest BCUT2D eigenvalue weighted by atomic mass is 10.1. The SMILES string of the molecule is Cc1cc(OCC(=O)NNC(=O)CCC(=O)Nc2cccc(Cl)c2C)cc(C)c1Cl. The summed E-state index contributed by atoms with van der Waals surface area (Å²) < 4.78 is 5.41. The van der Waals surface area contributed by atoms with E-state index < -0.39 is 11.8 Å². The largest absolute Gasteiger partial charge is 0.484 e. The fourth-order valence-corrected chi connectivity index (χ4v) is 2.84. The Bertz CT molecular complexity index is 940. The summed E-state index contributed by atoms with van der Waals surface area (Å²) in [6.45, 7) is 5.18. The van der Waals surface area contributed by atoms with Crippen molar-refractivity contribution in [3.63, 3.8) is 0 Å². The second kappa shape index (κ2) is 10.8. The molecule has 0 fully saturated rings. The molecule has 0 bridgehead atoms. The highest BCUT2D eigenvalue weighted by molar-refractivity contribution is 6.32. The molecule has 9 heteroatoms. The van der Waals surface area contributed by atoms with Crippen molar-refractivity contribution in [3.8, 4) is 5.75 Å². The van der Waals surface area contributed by atoms with Crippen LogP contribution in [-0.2, 0) is 14.4 Å². The first kappa shape index (κ1) is 23.5. The minimum Gasteiger partial charge on any atom is -0.484 e. The Labute approximate surface area is 185 Å². The Morgan fingerprint density at radius 1 is 0.900 bits per heavy atom. The van der Waals surface area contributed by atoms with Crippen molar-refractivity contribution >= 4 is 46.6 Å². The summed E-state index contributed by atoms with van der Waals surface area (Å²) in [6.07, 6.45) is -0.143. The zero-order valence-corrected chi connectivity index (χ0v) is 18.4. The number of benzene rings is 2. The second-order valence-electron chi connectivity index (χ2n) is 6.72. The highest BCUT2D eigenvalue weighted by atomic mass is 35.5. The van der Waals surface area contributed by atoms with Crippen LogP contribution in [0.25, 0.3) is 0 Å². The van der Waals surface area contributed by atoms with E-state index in [1.54, 1.807) is 37.3 Å². The third-order valence-electron chi connectivity index (χ3n) is 4.24. The maximum Gasteiger partial charge on any atom is 0.276 e. The molecule has 30 heavy (non-hydrogen) atoms. The quantitative estimate of drug-likeness (QED) is 0.556. The lowest BCUT2D eigenvalue weighted by Crippen LogP contribution is -2.44. The number of carbonyl (C=O) groups excluding carboxylic acids is 3. The number of anilines is 1. The van der Waals surface area contributed by atoms with Crippen LogP contribution in [0, 0.1) is 20.8 Å². The van der Waals surface area contributed by atoms with Gasteiger partial charge in [-0.25, -0.2) is 0 Å². The number of amides is 3. The molecular formula is C21H23Cl2N3O4. The van der Waals surface area contributed by atoms with E-state index in [2.05, 4.69) is 16.2 Å². The minimum atomic E-state index is -0.535. The van der Waals surface area contributed by atoms with Crippen molar-refractivity contribution in [2.75, 3.05) is 11.9 Å². The molecule has 0 aliphatic carbocycles. The molecular weight excluding hydrogens is 429 g/mol. The average molecular weight is 452 g/mol. The summed E-state index contributed by atoms with van der Waals surface area (Å²) in [4.78, 5) is 35.7. The summed E-state index contributed by atoms with van der Waals surface area (Å²) in [5.74, 6) is -0.866.